The van der Waals surface area contributed by atoms with E-state index in [0.29, 0.717) is 18.9 Å². The fraction of sp³-hybridized carbons (Fsp3) is 0.556. The SMILES string of the molecule is O=C(O)CCC1CCCN(C(=O)C2CC2c2ccc(F)cc2)C1. The van der Waals surface area contributed by atoms with E-state index in [9.17, 15) is 14.0 Å². The first kappa shape index (κ1) is 16.0. The van der Waals surface area contributed by atoms with Crippen LogP contribution >= 0.6 is 0 Å². The zero-order chi connectivity index (χ0) is 16.4. The Hall–Kier alpha value is -1.91. The molecule has 1 saturated carbocycles. The number of carboxylic acid groups (broad SMARTS) is 1. The fourth-order valence-electron chi connectivity index (χ4n) is 3.61. The zero-order valence-corrected chi connectivity index (χ0v) is 13.1. The van der Waals surface area contributed by atoms with E-state index in [-0.39, 0.29) is 30.0 Å². The van der Waals surface area contributed by atoms with Crippen LogP contribution < -0.4 is 0 Å². The van der Waals surface area contributed by atoms with Crippen molar-refractivity contribution in [2.45, 2.75) is 38.0 Å². The second-order valence-electron chi connectivity index (χ2n) is 6.73. The van der Waals surface area contributed by atoms with Crippen LogP contribution in [0.5, 0.6) is 0 Å². The summed E-state index contributed by atoms with van der Waals surface area (Å²) < 4.78 is 13.0. The molecule has 1 aromatic rings. The average molecular weight is 319 g/mol. The smallest absolute Gasteiger partial charge is 0.303 e. The molecule has 3 rings (SSSR count). The van der Waals surface area contributed by atoms with Gasteiger partial charge in [0, 0.05) is 25.4 Å². The molecule has 0 bridgehead atoms. The lowest BCUT2D eigenvalue weighted by atomic mass is 9.93. The summed E-state index contributed by atoms with van der Waals surface area (Å²) in [6.45, 7) is 1.45. The van der Waals surface area contributed by atoms with Gasteiger partial charge >= 0.3 is 5.97 Å². The van der Waals surface area contributed by atoms with Crippen LogP contribution in [0.3, 0.4) is 0 Å². The van der Waals surface area contributed by atoms with Gasteiger partial charge in [-0.05, 0) is 55.2 Å². The van der Waals surface area contributed by atoms with Crippen LogP contribution in [0.1, 0.15) is 43.6 Å². The van der Waals surface area contributed by atoms with Gasteiger partial charge in [-0.2, -0.15) is 0 Å². The van der Waals surface area contributed by atoms with Crippen LogP contribution in [0.15, 0.2) is 24.3 Å². The van der Waals surface area contributed by atoms with Crippen molar-refractivity contribution in [3.8, 4) is 0 Å². The standard InChI is InChI=1S/C18H22FNO3/c19-14-6-4-13(5-7-14)15-10-16(15)18(23)20-9-1-2-12(11-20)3-8-17(21)22/h4-7,12,15-16H,1-3,8-11H2,(H,21,22). The summed E-state index contributed by atoms with van der Waals surface area (Å²) in [6, 6.07) is 6.41. The number of carboxylic acids is 1. The predicted octanol–water partition coefficient (Wildman–Crippen LogP) is 3.03. The minimum absolute atomic E-state index is 0.0127. The number of aliphatic carboxylic acids is 1. The van der Waals surface area contributed by atoms with Gasteiger partial charge in [-0.15, -0.1) is 0 Å². The third-order valence-electron chi connectivity index (χ3n) is 5.00. The molecule has 4 nitrogen and oxygen atoms in total. The fourth-order valence-corrected chi connectivity index (χ4v) is 3.61. The number of piperidine rings is 1. The highest BCUT2D eigenvalue weighted by Gasteiger charge is 2.46. The van der Waals surface area contributed by atoms with E-state index in [2.05, 4.69) is 0 Å². The second-order valence-corrected chi connectivity index (χ2v) is 6.73. The first-order valence-electron chi connectivity index (χ1n) is 8.30. The first-order chi connectivity index (χ1) is 11.0. The largest absolute Gasteiger partial charge is 0.481 e. The molecule has 1 amide bonds. The molecule has 1 aliphatic heterocycles. The monoisotopic (exact) mass is 319 g/mol. The maximum absolute atomic E-state index is 13.0. The number of rotatable bonds is 5. The molecule has 5 heteroatoms. The number of carbonyl (C=O) groups excluding carboxylic acids is 1. The van der Waals surface area contributed by atoms with Gasteiger partial charge in [0.05, 0.1) is 0 Å². The lowest BCUT2D eigenvalue weighted by Crippen LogP contribution is -2.41. The van der Waals surface area contributed by atoms with Crippen molar-refractivity contribution in [1.29, 1.82) is 0 Å². The van der Waals surface area contributed by atoms with E-state index in [1.54, 1.807) is 12.1 Å². The van der Waals surface area contributed by atoms with Crippen molar-refractivity contribution in [3.05, 3.63) is 35.6 Å². The van der Waals surface area contributed by atoms with Gasteiger partial charge in [0.15, 0.2) is 0 Å². The lowest BCUT2D eigenvalue weighted by Gasteiger charge is -2.33. The van der Waals surface area contributed by atoms with E-state index in [0.717, 1.165) is 31.4 Å². The van der Waals surface area contributed by atoms with E-state index in [4.69, 9.17) is 5.11 Å². The van der Waals surface area contributed by atoms with Crippen molar-refractivity contribution in [1.82, 2.24) is 4.90 Å². The van der Waals surface area contributed by atoms with Crippen molar-refractivity contribution in [2.24, 2.45) is 11.8 Å². The number of halogens is 1. The molecule has 1 aliphatic carbocycles. The lowest BCUT2D eigenvalue weighted by molar-refractivity contribution is -0.137. The molecule has 1 saturated heterocycles. The number of carbonyl (C=O) groups is 2. The van der Waals surface area contributed by atoms with Gasteiger partial charge in [0.2, 0.25) is 5.91 Å². The molecule has 2 fully saturated rings. The number of hydrogen-bond acceptors (Lipinski definition) is 2. The van der Waals surface area contributed by atoms with Crippen molar-refractivity contribution >= 4 is 11.9 Å². The van der Waals surface area contributed by atoms with E-state index >= 15 is 0 Å². The van der Waals surface area contributed by atoms with Crippen LogP contribution in [0.25, 0.3) is 0 Å². The number of nitrogens with zero attached hydrogens (tertiary/aromatic N) is 1. The highest BCUT2D eigenvalue weighted by atomic mass is 19.1. The Labute approximate surface area is 135 Å². The minimum atomic E-state index is -0.771. The van der Waals surface area contributed by atoms with E-state index in [1.807, 2.05) is 4.90 Å². The summed E-state index contributed by atoms with van der Waals surface area (Å²) in [5.74, 6) is -0.325. The summed E-state index contributed by atoms with van der Waals surface area (Å²) in [7, 11) is 0. The van der Waals surface area contributed by atoms with Crippen molar-refractivity contribution in [2.75, 3.05) is 13.1 Å². The second kappa shape index (κ2) is 6.69. The molecule has 1 N–H and O–H groups in total. The number of hydrogen-bond donors (Lipinski definition) is 1. The number of likely N-dealkylation sites (tertiary alicyclic amines) is 1. The van der Waals surface area contributed by atoms with Crippen LogP contribution in [-0.4, -0.2) is 35.0 Å². The van der Waals surface area contributed by atoms with Crippen molar-refractivity contribution in [3.63, 3.8) is 0 Å². The molecule has 0 spiro atoms. The zero-order valence-electron chi connectivity index (χ0n) is 13.1. The van der Waals surface area contributed by atoms with Crippen LogP contribution in [0.4, 0.5) is 4.39 Å². The molecule has 1 aromatic carbocycles. The summed E-state index contributed by atoms with van der Waals surface area (Å²) in [6.07, 6.45) is 3.60. The molecule has 3 unspecified atom stereocenters. The summed E-state index contributed by atoms with van der Waals surface area (Å²) in [4.78, 5) is 25.2. The van der Waals surface area contributed by atoms with Crippen LogP contribution in [0.2, 0.25) is 0 Å². The molecule has 3 atom stereocenters. The topological polar surface area (TPSA) is 57.6 Å². The minimum Gasteiger partial charge on any atom is -0.481 e. The van der Waals surface area contributed by atoms with Crippen LogP contribution in [-0.2, 0) is 9.59 Å². The normalized spacial score (nSPS) is 26.8. The maximum atomic E-state index is 13.0. The predicted molar refractivity (Wildman–Crippen MR) is 83.4 cm³/mol. The average Bonchev–Trinajstić information content (AvgIpc) is 3.34. The van der Waals surface area contributed by atoms with Gasteiger partial charge in [-0.3, -0.25) is 9.59 Å². The van der Waals surface area contributed by atoms with Gasteiger partial charge in [0.25, 0.3) is 0 Å². The molecular weight excluding hydrogens is 297 g/mol. The molecule has 23 heavy (non-hydrogen) atoms. The van der Waals surface area contributed by atoms with Crippen molar-refractivity contribution < 1.29 is 19.1 Å². The van der Waals surface area contributed by atoms with Crippen LogP contribution in [0, 0.1) is 17.7 Å². The number of benzene rings is 1. The van der Waals surface area contributed by atoms with Gasteiger partial charge in [0.1, 0.15) is 5.82 Å². The quantitative estimate of drug-likeness (QED) is 0.907. The Balaban J connectivity index is 1.54. The summed E-state index contributed by atoms with van der Waals surface area (Å²) in [5.41, 5.74) is 1.03. The molecule has 2 aliphatic rings. The summed E-state index contributed by atoms with van der Waals surface area (Å²) >= 11 is 0. The van der Waals surface area contributed by atoms with E-state index < -0.39 is 5.97 Å². The summed E-state index contributed by atoms with van der Waals surface area (Å²) in [5, 5.41) is 8.79. The van der Waals surface area contributed by atoms with Gasteiger partial charge < -0.3 is 10.0 Å². The number of amides is 1. The Kier molecular flexibility index (Phi) is 4.64. The third kappa shape index (κ3) is 3.89. The molecule has 0 aromatic heterocycles. The van der Waals surface area contributed by atoms with E-state index in [1.165, 1.54) is 12.1 Å². The highest BCUT2D eigenvalue weighted by Crippen LogP contribution is 2.48. The Morgan fingerprint density at radius 2 is 2.00 bits per heavy atom. The Morgan fingerprint density at radius 1 is 1.26 bits per heavy atom. The maximum Gasteiger partial charge on any atom is 0.303 e. The third-order valence-corrected chi connectivity index (χ3v) is 5.00. The molecular formula is C18H22FNO3. The molecule has 0 radical (unpaired) electrons. The Bertz CT molecular complexity index is 586. The first-order valence-corrected chi connectivity index (χ1v) is 8.30. The van der Waals surface area contributed by atoms with Gasteiger partial charge in [-0.1, -0.05) is 12.1 Å². The highest BCUT2D eigenvalue weighted by molar-refractivity contribution is 5.83. The van der Waals surface area contributed by atoms with Gasteiger partial charge in [-0.25, -0.2) is 4.39 Å². The molecule has 1 heterocycles. The molecule has 124 valence electrons. The Morgan fingerprint density at radius 3 is 2.70 bits per heavy atom.